The van der Waals surface area contributed by atoms with E-state index in [2.05, 4.69) is 51.8 Å². The third kappa shape index (κ3) is 4.04. The predicted octanol–water partition coefficient (Wildman–Crippen LogP) is 3.69. The van der Waals surface area contributed by atoms with Crippen LogP contribution in [0.2, 0.25) is 0 Å². The van der Waals surface area contributed by atoms with Crippen LogP contribution in [0.25, 0.3) is 0 Å². The highest BCUT2D eigenvalue weighted by molar-refractivity contribution is 9.10. The molecule has 0 radical (unpaired) electrons. The van der Waals surface area contributed by atoms with E-state index in [1.165, 1.54) is 5.69 Å². The summed E-state index contributed by atoms with van der Waals surface area (Å²) in [4.78, 5) is 0. The molecule has 2 atom stereocenters. The van der Waals surface area contributed by atoms with Gasteiger partial charge in [-0.2, -0.15) is 5.10 Å². The topological polar surface area (TPSA) is 39.1 Å². The Hall–Kier alpha value is -0.390. The maximum Gasteiger partial charge on any atom is 0.0785 e. The van der Waals surface area contributed by atoms with Crippen molar-refractivity contribution in [2.45, 2.75) is 58.7 Å². The summed E-state index contributed by atoms with van der Waals surface area (Å²) in [6, 6.07) is 0.486. The second kappa shape index (κ2) is 8.02. The maximum absolute atomic E-state index is 5.92. The minimum atomic E-state index is 0.152. The van der Waals surface area contributed by atoms with Crippen molar-refractivity contribution in [2.75, 3.05) is 13.7 Å². The van der Waals surface area contributed by atoms with Gasteiger partial charge in [0.2, 0.25) is 0 Å². The molecule has 5 heteroatoms. The van der Waals surface area contributed by atoms with Crippen LogP contribution >= 0.6 is 15.9 Å². The average Bonchev–Trinajstić information content (AvgIpc) is 2.73. The monoisotopic (exact) mass is 331 g/mol. The molecule has 0 spiro atoms. The Kier molecular flexibility index (Phi) is 7.04. The number of likely N-dealkylation sites (N-methyl/N-ethyl adjacent to an activating group) is 1. The Morgan fingerprint density at radius 2 is 2.11 bits per heavy atom. The molecular weight excluding hydrogens is 306 g/mol. The first-order valence-electron chi connectivity index (χ1n) is 7.08. The van der Waals surface area contributed by atoms with Gasteiger partial charge in [-0.15, -0.1) is 0 Å². The molecule has 0 fully saturated rings. The fourth-order valence-corrected chi connectivity index (χ4v) is 2.92. The highest BCUT2D eigenvalue weighted by atomic mass is 79.9. The first kappa shape index (κ1) is 16.7. The summed E-state index contributed by atoms with van der Waals surface area (Å²) >= 11 is 3.62. The van der Waals surface area contributed by atoms with Crippen LogP contribution in [0.4, 0.5) is 0 Å². The van der Waals surface area contributed by atoms with Gasteiger partial charge in [0, 0.05) is 12.6 Å². The molecule has 1 rings (SSSR count). The van der Waals surface area contributed by atoms with E-state index in [0.717, 1.165) is 23.9 Å². The summed E-state index contributed by atoms with van der Waals surface area (Å²) in [6.07, 6.45) is 4.19. The van der Waals surface area contributed by atoms with Crippen molar-refractivity contribution in [1.29, 1.82) is 0 Å². The Bertz CT molecular complexity index is 373. The van der Waals surface area contributed by atoms with Crippen molar-refractivity contribution in [1.82, 2.24) is 15.1 Å². The van der Waals surface area contributed by atoms with Crippen molar-refractivity contribution in [3.8, 4) is 0 Å². The zero-order chi connectivity index (χ0) is 14.4. The van der Waals surface area contributed by atoms with E-state index in [1.807, 2.05) is 20.2 Å². The van der Waals surface area contributed by atoms with Crippen LogP contribution in [-0.2, 0) is 4.74 Å². The third-order valence-electron chi connectivity index (χ3n) is 3.21. The van der Waals surface area contributed by atoms with Crippen molar-refractivity contribution in [2.24, 2.45) is 0 Å². The molecule has 0 aliphatic carbocycles. The van der Waals surface area contributed by atoms with E-state index in [4.69, 9.17) is 4.74 Å². The molecule has 0 saturated heterocycles. The molecule has 1 aromatic rings. The van der Waals surface area contributed by atoms with E-state index < -0.39 is 0 Å². The van der Waals surface area contributed by atoms with E-state index in [-0.39, 0.29) is 12.1 Å². The lowest BCUT2D eigenvalue weighted by Gasteiger charge is -2.28. The summed E-state index contributed by atoms with van der Waals surface area (Å²) in [5.74, 6) is 0. The highest BCUT2D eigenvalue weighted by Crippen LogP contribution is 2.30. The number of aromatic nitrogens is 2. The van der Waals surface area contributed by atoms with Crippen LogP contribution < -0.4 is 5.32 Å². The van der Waals surface area contributed by atoms with Crippen molar-refractivity contribution < 1.29 is 4.74 Å². The Morgan fingerprint density at radius 1 is 1.42 bits per heavy atom. The summed E-state index contributed by atoms with van der Waals surface area (Å²) in [5, 5.41) is 7.86. The predicted molar refractivity (Wildman–Crippen MR) is 82.4 cm³/mol. The molecule has 4 nitrogen and oxygen atoms in total. The molecule has 0 amide bonds. The molecule has 0 aliphatic heterocycles. The fraction of sp³-hybridized carbons (Fsp3) is 0.786. The molecule has 0 bridgehead atoms. The van der Waals surface area contributed by atoms with Gasteiger partial charge in [-0.25, -0.2) is 0 Å². The number of nitrogens with zero attached hydrogens (tertiary/aromatic N) is 2. The van der Waals surface area contributed by atoms with E-state index in [9.17, 15) is 0 Å². The molecule has 110 valence electrons. The van der Waals surface area contributed by atoms with Crippen LogP contribution in [0, 0.1) is 0 Å². The highest BCUT2D eigenvalue weighted by Gasteiger charge is 2.27. The smallest absolute Gasteiger partial charge is 0.0785 e. The molecule has 1 heterocycles. The van der Waals surface area contributed by atoms with Gasteiger partial charge < -0.3 is 10.1 Å². The van der Waals surface area contributed by atoms with E-state index >= 15 is 0 Å². The zero-order valence-corrected chi connectivity index (χ0v) is 14.2. The van der Waals surface area contributed by atoms with Gasteiger partial charge in [0.25, 0.3) is 0 Å². The van der Waals surface area contributed by atoms with Gasteiger partial charge in [-0.05, 0) is 50.2 Å². The standard InChI is InChI=1S/C14H26BrN3O/c1-6-8-12(19-7-2)13(16-5)14-11(15)9-17-18(14)10(3)4/h9-10,12-13,16H,6-8H2,1-5H3. The average molecular weight is 332 g/mol. The molecule has 0 aromatic carbocycles. The quantitative estimate of drug-likeness (QED) is 0.789. The maximum atomic E-state index is 5.92. The number of halogens is 1. The second-order valence-electron chi connectivity index (χ2n) is 4.96. The second-order valence-corrected chi connectivity index (χ2v) is 5.82. The molecular formula is C14H26BrN3O. The Morgan fingerprint density at radius 3 is 2.58 bits per heavy atom. The largest absolute Gasteiger partial charge is 0.376 e. The van der Waals surface area contributed by atoms with Crippen LogP contribution in [0.5, 0.6) is 0 Å². The van der Waals surface area contributed by atoms with Crippen LogP contribution in [0.15, 0.2) is 10.7 Å². The minimum Gasteiger partial charge on any atom is -0.376 e. The van der Waals surface area contributed by atoms with Crippen molar-refractivity contribution in [3.05, 3.63) is 16.4 Å². The van der Waals surface area contributed by atoms with Crippen LogP contribution in [0.1, 0.15) is 58.3 Å². The van der Waals surface area contributed by atoms with Crippen LogP contribution in [0.3, 0.4) is 0 Å². The number of nitrogens with one attached hydrogen (secondary N) is 1. The number of hydrogen-bond acceptors (Lipinski definition) is 3. The molecule has 0 saturated carbocycles. The van der Waals surface area contributed by atoms with E-state index in [1.54, 1.807) is 0 Å². The summed E-state index contributed by atoms with van der Waals surface area (Å²) in [6.45, 7) is 9.25. The normalized spacial score (nSPS) is 14.9. The van der Waals surface area contributed by atoms with Crippen LogP contribution in [-0.4, -0.2) is 29.5 Å². The molecule has 2 unspecified atom stereocenters. The van der Waals surface area contributed by atoms with Gasteiger partial charge in [-0.1, -0.05) is 13.3 Å². The zero-order valence-electron chi connectivity index (χ0n) is 12.6. The molecule has 0 aliphatic rings. The lowest BCUT2D eigenvalue weighted by molar-refractivity contribution is 0.0269. The molecule has 1 aromatic heterocycles. The summed E-state index contributed by atoms with van der Waals surface area (Å²) in [5.41, 5.74) is 1.17. The number of hydrogen-bond donors (Lipinski definition) is 1. The Balaban J connectivity index is 3.09. The SMILES string of the molecule is CCCC(OCC)C(NC)c1c(Br)cnn1C(C)C. The minimum absolute atomic E-state index is 0.152. The van der Waals surface area contributed by atoms with Gasteiger partial charge in [0.15, 0.2) is 0 Å². The van der Waals surface area contributed by atoms with Gasteiger partial charge in [-0.3, -0.25) is 4.68 Å². The van der Waals surface area contributed by atoms with E-state index in [0.29, 0.717) is 6.04 Å². The first-order chi connectivity index (χ1) is 9.06. The first-order valence-corrected chi connectivity index (χ1v) is 7.87. The lowest BCUT2D eigenvalue weighted by Crippen LogP contribution is -2.34. The Labute approximate surface area is 125 Å². The van der Waals surface area contributed by atoms with Gasteiger partial charge in [0.05, 0.1) is 28.5 Å². The van der Waals surface area contributed by atoms with Crippen molar-refractivity contribution in [3.63, 3.8) is 0 Å². The summed E-state index contributed by atoms with van der Waals surface area (Å²) < 4.78 is 9.03. The van der Waals surface area contributed by atoms with Crippen molar-refractivity contribution >= 4 is 15.9 Å². The molecule has 19 heavy (non-hydrogen) atoms. The number of ether oxygens (including phenoxy) is 1. The third-order valence-corrected chi connectivity index (χ3v) is 3.82. The van der Waals surface area contributed by atoms with Gasteiger partial charge >= 0.3 is 0 Å². The van der Waals surface area contributed by atoms with Gasteiger partial charge in [0.1, 0.15) is 0 Å². The number of rotatable bonds is 8. The lowest BCUT2D eigenvalue weighted by atomic mass is 10.0. The molecule has 1 N–H and O–H groups in total. The summed E-state index contributed by atoms with van der Waals surface area (Å²) in [7, 11) is 1.98. The fourth-order valence-electron chi connectivity index (χ4n) is 2.40.